The summed E-state index contributed by atoms with van der Waals surface area (Å²) < 4.78 is 2.25. The van der Waals surface area contributed by atoms with Crippen molar-refractivity contribution in [3.05, 3.63) is 54.5 Å². The van der Waals surface area contributed by atoms with Gasteiger partial charge >= 0.3 is 0 Å². The highest BCUT2D eigenvalue weighted by atomic mass is 15.3. The van der Waals surface area contributed by atoms with Gasteiger partial charge in [-0.05, 0) is 44.2 Å². The summed E-state index contributed by atoms with van der Waals surface area (Å²) in [7, 11) is 0. The predicted octanol–water partition coefficient (Wildman–Crippen LogP) is 2.46. The Bertz CT molecular complexity index is 694. The summed E-state index contributed by atoms with van der Waals surface area (Å²) in [5.74, 6) is 1.02. The van der Waals surface area contributed by atoms with Crippen LogP contribution in [0.25, 0.3) is 5.82 Å². The van der Waals surface area contributed by atoms with Crippen molar-refractivity contribution < 1.29 is 0 Å². The maximum absolute atomic E-state index is 4.62. The van der Waals surface area contributed by atoms with Crippen LogP contribution in [0.3, 0.4) is 0 Å². The minimum absolute atomic E-state index is 0.0124. The van der Waals surface area contributed by atoms with E-state index in [0.717, 1.165) is 31.9 Å². The summed E-state index contributed by atoms with van der Waals surface area (Å²) in [6.07, 6.45) is 5.10. The zero-order chi connectivity index (χ0) is 14.4. The van der Waals surface area contributed by atoms with Crippen molar-refractivity contribution in [1.29, 1.82) is 0 Å². The molecule has 1 fully saturated rings. The first-order valence-electron chi connectivity index (χ1n) is 7.48. The molecule has 0 amide bonds. The average molecular weight is 280 g/mol. The van der Waals surface area contributed by atoms with Crippen LogP contribution in [0.4, 0.5) is 5.69 Å². The molecule has 4 heterocycles. The van der Waals surface area contributed by atoms with E-state index in [0.29, 0.717) is 0 Å². The first-order valence-corrected chi connectivity index (χ1v) is 7.48. The van der Waals surface area contributed by atoms with Gasteiger partial charge in [0, 0.05) is 25.5 Å². The summed E-state index contributed by atoms with van der Waals surface area (Å²) in [5.41, 5.74) is 3.72. The highest BCUT2D eigenvalue weighted by Crippen LogP contribution is 2.45. The molecule has 0 aliphatic carbocycles. The molecule has 4 heteroatoms. The van der Waals surface area contributed by atoms with Crippen molar-refractivity contribution in [2.45, 2.75) is 18.9 Å². The van der Waals surface area contributed by atoms with Crippen molar-refractivity contribution in [3.8, 4) is 5.82 Å². The van der Waals surface area contributed by atoms with Crippen LogP contribution in [0.2, 0.25) is 0 Å². The fourth-order valence-corrected chi connectivity index (χ4v) is 3.73. The molecule has 2 aromatic rings. The third kappa shape index (κ3) is 1.69. The van der Waals surface area contributed by atoms with Gasteiger partial charge < -0.3 is 14.8 Å². The Morgan fingerprint density at radius 1 is 1.43 bits per heavy atom. The largest absolute Gasteiger partial charge is 0.352 e. The predicted molar refractivity (Wildman–Crippen MR) is 84.9 cm³/mol. The molecule has 2 aromatic heterocycles. The molecule has 1 spiro atoms. The van der Waals surface area contributed by atoms with Crippen LogP contribution in [0.5, 0.6) is 0 Å². The quantitative estimate of drug-likeness (QED) is 0.858. The van der Waals surface area contributed by atoms with Gasteiger partial charge in [-0.25, -0.2) is 4.98 Å². The van der Waals surface area contributed by atoms with Gasteiger partial charge in [0.1, 0.15) is 0 Å². The van der Waals surface area contributed by atoms with E-state index < -0.39 is 0 Å². The Kier molecular flexibility index (Phi) is 2.69. The SMILES string of the molecule is C=C(C)CN1c2cccnc2-n2cccc2C12CCNC2. The third-order valence-corrected chi connectivity index (χ3v) is 4.59. The second kappa shape index (κ2) is 4.46. The molecular weight excluding hydrogens is 260 g/mol. The number of pyridine rings is 1. The number of rotatable bonds is 2. The third-order valence-electron chi connectivity index (χ3n) is 4.59. The van der Waals surface area contributed by atoms with E-state index in [1.54, 1.807) is 0 Å². The number of nitrogens with zero attached hydrogens (tertiary/aromatic N) is 3. The smallest absolute Gasteiger partial charge is 0.160 e. The van der Waals surface area contributed by atoms with E-state index in [4.69, 9.17) is 0 Å². The van der Waals surface area contributed by atoms with E-state index in [1.165, 1.54) is 17.0 Å². The lowest BCUT2D eigenvalue weighted by molar-refractivity contribution is 0.413. The normalized spacial score (nSPS) is 23.2. The highest BCUT2D eigenvalue weighted by Gasteiger charge is 2.47. The van der Waals surface area contributed by atoms with Crippen LogP contribution < -0.4 is 10.2 Å². The molecule has 1 unspecified atom stereocenters. The second-order valence-electron chi connectivity index (χ2n) is 6.11. The van der Waals surface area contributed by atoms with E-state index >= 15 is 0 Å². The maximum Gasteiger partial charge on any atom is 0.160 e. The molecule has 0 radical (unpaired) electrons. The van der Waals surface area contributed by atoms with Crippen molar-refractivity contribution in [1.82, 2.24) is 14.9 Å². The van der Waals surface area contributed by atoms with Crippen LogP contribution in [-0.2, 0) is 5.54 Å². The van der Waals surface area contributed by atoms with Gasteiger partial charge in [0.2, 0.25) is 0 Å². The average Bonchev–Trinajstić information content (AvgIpc) is 3.13. The van der Waals surface area contributed by atoms with Crippen LogP contribution in [0.1, 0.15) is 19.0 Å². The van der Waals surface area contributed by atoms with E-state index in [9.17, 15) is 0 Å². The van der Waals surface area contributed by atoms with Crippen molar-refractivity contribution in [2.24, 2.45) is 0 Å². The molecule has 1 N–H and O–H groups in total. The monoisotopic (exact) mass is 280 g/mol. The number of anilines is 1. The van der Waals surface area contributed by atoms with Gasteiger partial charge in [-0.15, -0.1) is 0 Å². The Morgan fingerprint density at radius 3 is 3.10 bits per heavy atom. The number of hydrogen-bond donors (Lipinski definition) is 1. The molecule has 1 saturated heterocycles. The van der Waals surface area contributed by atoms with Crippen LogP contribution in [-0.4, -0.2) is 29.2 Å². The first kappa shape index (κ1) is 12.7. The minimum atomic E-state index is 0.0124. The van der Waals surface area contributed by atoms with Gasteiger partial charge in [-0.2, -0.15) is 0 Å². The Hall–Kier alpha value is -2.07. The lowest BCUT2D eigenvalue weighted by Crippen LogP contribution is -2.52. The zero-order valence-electron chi connectivity index (χ0n) is 12.3. The van der Waals surface area contributed by atoms with Gasteiger partial charge in [0.25, 0.3) is 0 Å². The maximum atomic E-state index is 4.62. The van der Waals surface area contributed by atoms with Gasteiger partial charge in [0.15, 0.2) is 5.82 Å². The number of nitrogens with one attached hydrogen (secondary N) is 1. The number of hydrogen-bond acceptors (Lipinski definition) is 3. The Labute approximate surface area is 125 Å². The lowest BCUT2D eigenvalue weighted by Gasteiger charge is -2.47. The molecule has 2 aliphatic heterocycles. The minimum Gasteiger partial charge on any atom is -0.352 e. The van der Waals surface area contributed by atoms with Gasteiger partial charge in [-0.3, -0.25) is 0 Å². The summed E-state index contributed by atoms with van der Waals surface area (Å²) >= 11 is 0. The molecule has 2 aliphatic rings. The molecule has 4 nitrogen and oxygen atoms in total. The molecule has 0 saturated carbocycles. The molecule has 0 aromatic carbocycles. The zero-order valence-corrected chi connectivity index (χ0v) is 12.3. The molecular formula is C17H20N4. The van der Waals surface area contributed by atoms with Gasteiger partial charge in [0.05, 0.1) is 16.9 Å². The number of aromatic nitrogens is 2. The van der Waals surface area contributed by atoms with E-state index in [-0.39, 0.29) is 5.54 Å². The summed E-state index contributed by atoms with van der Waals surface area (Å²) in [6.45, 7) is 9.11. The van der Waals surface area contributed by atoms with Gasteiger partial charge in [-0.1, -0.05) is 12.2 Å². The van der Waals surface area contributed by atoms with E-state index in [1.807, 2.05) is 12.3 Å². The fourth-order valence-electron chi connectivity index (χ4n) is 3.73. The van der Waals surface area contributed by atoms with E-state index in [2.05, 4.69) is 57.7 Å². The molecule has 0 bridgehead atoms. The first-order chi connectivity index (χ1) is 10.2. The standard InChI is InChI=1S/C17H20N4/c1-13(2)11-21-14-5-3-8-19-16(14)20-10-4-6-15(20)17(21)7-9-18-12-17/h3-6,8,10,18H,1,7,9,11-12H2,2H3. The van der Waals surface area contributed by atoms with Crippen LogP contribution >= 0.6 is 0 Å². The number of fused-ring (bicyclic) bond motifs is 4. The summed E-state index contributed by atoms with van der Waals surface area (Å²) in [6, 6.07) is 8.55. The van der Waals surface area contributed by atoms with Crippen molar-refractivity contribution in [3.63, 3.8) is 0 Å². The molecule has 1 atom stereocenters. The summed E-state index contributed by atoms with van der Waals surface area (Å²) in [4.78, 5) is 7.11. The lowest BCUT2D eigenvalue weighted by atomic mass is 9.88. The van der Waals surface area contributed by atoms with Crippen molar-refractivity contribution >= 4 is 5.69 Å². The Balaban J connectivity index is 1.97. The van der Waals surface area contributed by atoms with Crippen molar-refractivity contribution in [2.75, 3.05) is 24.5 Å². The Morgan fingerprint density at radius 2 is 2.33 bits per heavy atom. The molecule has 108 valence electrons. The van der Waals surface area contributed by atoms with Crippen LogP contribution in [0, 0.1) is 0 Å². The fraction of sp³-hybridized carbons (Fsp3) is 0.353. The van der Waals surface area contributed by atoms with Crippen LogP contribution in [0.15, 0.2) is 48.8 Å². The second-order valence-corrected chi connectivity index (χ2v) is 6.11. The summed E-state index contributed by atoms with van der Waals surface area (Å²) in [5, 5.41) is 3.54. The molecule has 21 heavy (non-hydrogen) atoms. The molecule has 4 rings (SSSR count). The topological polar surface area (TPSA) is 33.1 Å². The highest BCUT2D eigenvalue weighted by molar-refractivity contribution is 5.66.